The van der Waals surface area contributed by atoms with E-state index in [1.807, 2.05) is 0 Å². The molecule has 20 heavy (non-hydrogen) atoms. The molecule has 0 saturated carbocycles. The van der Waals surface area contributed by atoms with Gasteiger partial charge in [0.05, 0.1) is 10.7 Å². The van der Waals surface area contributed by atoms with Crippen LogP contribution in [-0.4, -0.2) is 4.98 Å². The second kappa shape index (κ2) is 5.96. The highest BCUT2D eigenvalue weighted by molar-refractivity contribution is 9.10. The number of rotatable bonds is 3. The number of benzene rings is 1. The van der Waals surface area contributed by atoms with E-state index in [9.17, 15) is 0 Å². The Bertz CT molecular complexity index is 599. The fraction of sp³-hybridized carbons (Fsp3) is 0.438. The molecule has 4 heteroatoms. The molecule has 0 radical (unpaired) electrons. The van der Waals surface area contributed by atoms with E-state index in [1.165, 1.54) is 5.56 Å². The maximum absolute atomic E-state index is 6.35. The average molecular weight is 353 g/mol. The topological polar surface area (TPSA) is 38.9 Å². The number of aromatic nitrogens is 1. The van der Waals surface area contributed by atoms with Crippen LogP contribution >= 0.6 is 27.3 Å². The van der Waals surface area contributed by atoms with E-state index in [0.717, 1.165) is 27.2 Å². The molecule has 0 bridgehead atoms. The summed E-state index contributed by atoms with van der Waals surface area (Å²) < 4.78 is 1.07. The van der Waals surface area contributed by atoms with Crippen molar-refractivity contribution in [1.82, 2.24) is 4.98 Å². The third-order valence-corrected chi connectivity index (χ3v) is 4.86. The molecule has 1 atom stereocenters. The Morgan fingerprint density at radius 3 is 2.65 bits per heavy atom. The Labute approximate surface area is 133 Å². The van der Waals surface area contributed by atoms with Crippen molar-refractivity contribution in [3.63, 3.8) is 0 Å². The van der Waals surface area contributed by atoms with Crippen LogP contribution < -0.4 is 5.73 Å². The molecule has 1 aromatic carbocycles. The summed E-state index contributed by atoms with van der Waals surface area (Å²) in [6, 6.07) is 6.27. The summed E-state index contributed by atoms with van der Waals surface area (Å²) in [6.45, 7) is 8.64. The van der Waals surface area contributed by atoms with Crippen LogP contribution in [0.1, 0.15) is 48.6 Å². The van der Waals surface area contributed by atoms with Gasteiger partial charge in [-0.25, -0.2) is 4.98 Å². The van der Waals surface area contributed by atoms with Gasteiger partial charge in [0.15, 0.2) is 0 Å². The van der Waals surface area contributed by atoms with Crippen molar-refractivity contribution in [2.45, 2.75) is 45.6 Å². The molecule has 2 aromatic rings. The third kappa shape index (κ3) is 3.68. The summed E-state index contributed by atoms with van der Waals surface area (Å²) in [5.74, 6) is 0. The minimum Gasteiger partial charge on any atom is -0.324 e. The number of hydrogen-bond acceptors (Lipinski definition) is 3. The van der Waals surface area contributed by atoms with Gasteiger partial charge in [0.25, 0.3) is 0 Å². The summed E-state index contributed by atoms with van der Waals surface area (Å²) >= 11 is 5.29. The van der Waals surface area contributed by atoms with Crippen molar-refractivity contribution in [3.8, 4) is 0 Å². The molecular weight excluding hydrogens is 332 g/mol. The maximum atomic E-state index is 6.35. The van der Waals surface area contributed by atoms with Crippen LogP contribution in [0, 0.1) is 6.92 Å². The van der Waals surface area contributed by atoms with Gasteiger partial charge < -0.3 is 5.73 Å². The molecule has 1 aromatic heterocycles. The lowest BCUT2D eigenvalue weighted by atomic mass is 9.93. The predicted octanol–water partition coefficient (Wildman–Crippen LogP) is 4.75. The summed E-state index contributed by atoms with van der Waals surface area (Å²) in [7, 11) is 0. The highest BCUT2D eigenvalue weighted by Crippen LogP contribution is 2.29. The second-order valence-corrected chi connectivity index (χ2v) is 8.01. The quantitative estimate of drug-likeness (QED) is 0.865. The van der Waals surface area contributed by atoms with Crippen molar-refractivity contribution < 1.29 is 0 Å². The first kappa shape index (κ1) is 15.7. The van der Waals surface area contributed by atoms with Crippen LogP contribution in [-0.2, 0) is 11.8 Å². The number of nitrogens with two attached hydrogens (primary N) is 1. The summed E-state index contributed by atoms with van der Waals surface area (Å²) in [6.07, 6.45) is 0.781. The second-order valence-electron chi connectivity index (χ2n) is 6.21. The molecule has 2 rings (SSSR count). The smallest absolute Gasteiger partial charge is 0.0947 e. The van der Waals surface area contributed by atoms with Crippen molar-refractivity contribution in [2.75, 3.05) is 0 Å². The van der Waals surface area contributed by atoms with Gasteiger partial charge in [-0.15, -0.1) is 11.3 Å². The van der Waals surface area contributed by atoms with E-state index in [0.29, 0.717) is 0 Å². The lowest BCUT2D eigenvalue weighted by Crippen LogP contribution is -2.15. The lowest BCUT2D eigenvalue weighted by Gasteiger charge is -2.15. The Balaban J connectivity index is 2.17. The Morgan fingerprint density at radius 1 is 1.35 bits per heavy atom. The van der Waals surface area contributed by atoms with E-state index in [-0.39, 0.29) is 11.5 Å². The first-order valence-electron chi connectivity index (χ1n) is 6.74. The van der Waals surface area contributed by atoms with Gasteiger partial charge in [-0.3, -0.25) is 0 Å². The van der Waals surface area contributed by atoms with Crippen LogP contribution in [0.15, 0.2) is 28.1 Å². The summed E-state index contributed by atoms with van der Waals surface area (Å²) in [5, 5.41) is 3.25. The van der Waals surface area contributed by atoms with E-state index < -0.39 is 0 Å². The van der Waals surface area contributed by atoms with E-state index >= 15 is 0 Å². The Hall–Kier alpha value is -0.710. The van der Waals surface area contributed by atoms with Gasteiger partial charge in [0.1, 0.15) is 0 Å². The molecule has 0 saturated heterocycles. The minimum absolute atomic E-state index is 0.0248. The molecule has 0 aliphatic carbocycles. The van der Waals surface area contributed by atoms with Crippen LogP contribution in [0.25, 0.3) is 0 Å². The van der Waals surface area contributed by atoms with Gasteiger partial charge in [0.2, 0.25) is 0 Å². The molecular formula is C16H21BrN2S. The first-order chi connectivity index (χ1) is 9.27. The fourth-order valence-electron chi connectivity index (χ4n) is 1.99. The number of aryl methyl sites for hydroxylation is 1. The summed E-state index contributed by atoms with van der Waals surface area (Å²) in [4.78, 5) is 4.72. The van der Waals surface area contributed by atoms with Gasteiger partial charge in [-0.05, 0) is 18.6 Å². The van der Waals surface area contributed by atoms with E-state index in [1.54, 1.807) is 11.3 Å². The first-order valence-corrected chi connectivity index (χ1v) is 8.41. The van der Waals surface area contributed by atoms with E-state index in [2.05, 4.69) is 67.2 Å². The zero-order valence-electron chi connectivity index (χ0n) is 12.4. The largest absolute Gasteiger partial charge is 0.324 e. The van der Waals surface area contributed by atoms with Crippen molar-refractivity contribution in [2.24, 2.45) is 5.73 Å². The third-order valence-electron chi connectivity index (χ3n) is 3.27. The fourth-order valence-corrected chi connectivity index (χ4v) is 3.62. The highest BCUT2D eigenvalue weighted by atomic mass is 79.9. The van der Waals surface area contributed by atoms with Crippen LogP contribution in [0.5, 0.6) is 0 Å². The normalized spacial score (nSPS) is 13.5. The molecule has 0 aliphatic heterocycles. The zero-order chi connectivity index (χ0) is 14.9. The van der Waals surface area contributed by atoms with Crippen LogP contribution in [0.4, 0.5) is 0 Å². The summed E-state index contributed by atoms with van der Waals surface area (Å²) in [5.41, 5.74) is 9.98. The van der Waals surface area contributed by atoms with Gasteiger partial charge in [-0.1, -0.05) is 54.4 Å². The number of thiazole rings is 1. The van der Waals surface area contributed by atoms with Crippen LogP contribution in [0.3, 0.4) is 0 Å². The molecule has 2 nitrogen and oxygen atoms in total. The Morgan fingerprint density at radius 2 is 2.05 bits per heavy atom. The van der Waals surface area contributed by atoms with Gasteiger partial charge in [-0.2, -0.15) is 0 Å². The molecule has 0 fully saturated rings. The van der Waals surface area contributed by atoms with Crippen LogP contribution in [0.2, 0.25) is 0 Å². The lowest BCUT2D eigenvalue weighted by molar-refractivity contribution is 0.569. The van der Waals surface area contributed by atoms with Gasteiger partial charge in [0, 0.05) is 27.7 Å². The Kier molecular flexibility index (Phi) is 4.67. The van der Waals surface area contributed by atoms with E-state index in [4.69, 9.17) is 10.7 Å². The number of hydrogen-bond donors (Lipinski definition) is 1. The molecule has 1 heterocycles. The highest BCUT2D eigenvalue weighted by Gasteiger charge is 2.19. The predicted molar refractivity (Wildman–Crippen MR) is 90.3 cm³/mol. The average Bonchev–Trinajstić information content (AvgIpc) is 2.80. The monoisotopic (exact) mass is 352 g/mol. The molecule has 1 unspecified atom stereocenters. The van der Waals surface area contributed by atoms with Gasteiger partial charge >= 0.3 is 0 Å². The van der Waals surface area contributed by atoms with Crippen molar-refractivity contribution >= 4 is 27.3 Å². The molecule has 2 N–H and O–H groups in total. The maximum Gasteiger partial charge on any atom is 0.0947 e. The minimum atomic E-state index is -0.0248. The standard InChI is InChI=1S/C16H21BrN2S/c1-10-5-6-12(17)11(7-10)13(18)8-15-19-14(9-20-15)16(2,3)4/h5-7,9,13H,8,18H2,1-4H3. The molecule has 0 spiro atoms. The molecule has 0 amide bonds. The zero-order valence-corrected chi connectivity index (χ0v) is 14.8. The molecule has 0 aliphatic rings. The number of halogens is 1. The number of nitrogens with zero attached hydrogens (tertiary/aromatic N) is 1. The SMILES string of the molecule is Cc1ccc(Br)c(C(N)Cc2nc(C(C)(C)C)cs2)c1. The van der Waals surface area contributed by atoms with Crippen molar-refractivity contribution in [1.29, 1.82) is 0 Å². The van der Waals surface area contributed by atoms with Crippen molar-refractivity contribution in [3.05, 3.63) is 49.9 Å². The molecule has 108 valence electrons.